The van der Waals surface area contributed by atoms with E-state index in [1.165, 1.54) is 0 Å². The van der Waals surface area contributed by atoms with Gasteiger partial charge in [-0.1, -0.05) is 97.1 Å². The van der Waals surface area contributed by atoms with Crippen LogP contribution in [-0.4, -0.2) is 71.7 Å². The highest BCUT2D eigenvalue weighted by Crippen LogP contribution is 2.25. The molecule has 0 radical (unpaired) electrons. The minimum absolute atomic E-state index is 0.178. The van der Waals surface area contributed by atoms with Gasteiger partial charge in [0.1, 0.15) is 23.0 Å². The summed E-state index contributed by atoms with van der Waals surface area (Å²) in [5.74, 6) is 2.14. The lowest BCUT2D eigenvalue weighted by atomic mass is 10.0. The summed E-state index contributed by atoms with van der Waals surface area (Å²) in [7, 11) is 6.47. The van der Waals surface area contributed by atoms with E-state index in [0.29, 0.717) is 71.4 Å². The first-order valence-corrected chi connectivity index (χ1v) is 25.1. The summed E-state index contributed by atoms with van der Waals surface area (Å²) in [5.41, 5.74) is 8.99. The highest BCUT2D eigenvalue weighted by molar-refractivity contribution is 5.96. The van der Waals surface area contributed by atoms with E-state index in [1.54, 1.807) is 48.0 Å². The normalized spacial score (nSPS) is 13.5. The van der Waals surface area contributed by atoms with Gasteiger partial charge < -0.3 is 38.5 Å². The van der Waals surface area contributed by atoms with Crippen LogP contribution in [0, 0.1) is 0 Å². The molecule has 0 spiro atoms. The van der Waals surface area contributed by atoms with E-state index in [1.807, 2.05) is 194 Å². The zero-order chi connectivity index (χ0) is 53.0. The fraction of sp³-hybridized carbons (Fsp3) is 0.188. The molecule has 15 rings (SSSR count). The fourth-order valence-corrected chi connectivity index (χ4v) is 9.23. The zero-order valence-electron chi connectivity index (χ0n) is 43.2. The second kappa shape index (κ2) is 24.2. The number of nitrogens with zero attached hydrogens (tertiary/aromatic N) is 4. The predicted molar refractivity (Wildman–Crippen MR) is 292 cm³/mol. The molecule has 4 amide bonds. The van der Waals surface area contributed by atoms with Crippen molar-refractivity contribution in [3.63, 3.8) is 0 Å². The molecule has 0 fully saturated rings. The van der Waals surface area contributed by atoms with Gasteiger partial charge in [0.25, 0.3) is 23.6 Å². The van der Waals surface area contributed by atoms with Crippen LogP contribution in [0.15, 0.2) is 194 Å². The average Bonchev–Trinajstić information content (AvgIpc) is 3.47. The monoisotopic (exact) mass is 1010 g/mol. The van der Waals surface area contributed by atoms with Gasteiger partial charge >= 0.3 is 0 Å². The van der Waals surface area contributed by atoms with Crippen LogP contribution in [0.2, 0.25) is 0 Å². The maximum absolute atomic E-state index is 14.6. The van der Waals surface area contributed by atoms with Crippen LogP contribution < -0.4 is 18.9 Å². The van der Waals surface area contributed by atoms with Crippen molar-refractivity contribution in [3.05, 3.63) is 261 Å². The molecule has 0 saturated carbocycles. The predicted octanol–water partition coefficient (Wildman–Crippen LogP) is 11.4. The summed E-state index contributed by atoms with van der Waals surface area (Å²) in [6.07, 6.45) is 0. The zero-order valence-corrected chi connectivity index (χ0v) is 43.2. The Labute approximate surface area is 444 Å². The standard InChI is InChI=1S/C64H60N4O8/c1-73-57-29-13-49(14-30-57)41-65-37-45-5-23-54(24-6-45)62(70)67(43-51-17-33-59(75-3)34-18-51)39-47-9-27-56(28-10-47)64(72)68(44-52-19-35-60(76-4)36-20-52)40-48-11-25-55(26-12-48)63(71)66(42-50-15-31-58(74-2)32-16-50)38-46-7-21-53(22-8-46)61(65)69/h5-36H,37-44H2,1-4H3. The van der Waals surface area contributed by atoms with Crippen molar-refractivity contribution in [3.8, 4) is 23.0 Å². The first kappa shape index (κ1) is 51.7. The van der Waals surface area contributed by atoms with E-state index in [9.17, 15) is 19.2 Å². The molecule has 0 atom stereocenters. The van der Waals surface area contributed by atoms with E-state index in [0.717, 1.165) is 44.5 Å². The largest absolute Gasteiger partial charge is 0.497 e. The molecule has 8 aromatic rings. The lowest BCUT2D eigenvalue weighted by Gasteiger charge is -2.26. The van der Waals surface area contributed by atoms with Gasteiger partial charge in [-0.25, -0.2) is 0 Å². The van der Waals surface area contributed by atoms with Crippen molar-refractivity contribution < 1.29 is 38.1 Å². The maximum atomic E-state index is 14.6. The van der Waals surface area contributed by atoms with Gasteiger partial charge in [0.05, 0.1) is 28.4 Å². The minimum atomic E-state index is -0.178. The molecule has 7 aliphatic rings. The third-order valence-electron chi connectivity index (χ3n) is 13.6. The number of carbonyl (C=O) groups excluding carboxylic acids is 4. The van der Waals surface area contributed by atoms with E-state index in [2.05, 4.69) is 0 Å². The minimum Gasteiger partial charge on any atom is -0.497 e. The van der Waals surface area contributed by atoms with Gasteiger partial charge in [-0.15, -0.1) is 0 Å². The van der Waals surface area contributed by atoms with Crippen LogP contribution in [-0.2, 0) is 52.4 Å². The third-order valence-corrected chi connectivity index (χ3v) is 13.6. The number of carbonyl (C=O) groups is 4. The van der Waals surface area contributed by atoms with Gasteiger partial charge in [-0.2, -0.15) is 0 Å². The van der Waals surface area contributed by atoms with Crippen LogP contribution in [0.3, 0.4) is 0 Å². The smallest absolute Gasteiger partial charge is 0.254 e. The molecule has 7 heterocycles. The van der Waals surface area contributed by atoms with Gasteiger partial charge in [-0.3, -0.25) is 19.2 Å². The molecule has 8 bridgehead atoms. The van der Waals surface area contributed by atoms with Crippen molar-refractivity contribution in [2.45, 2.75) is 52.4 Å². The SMILES string of the molecule is COc1ccc(CN2Cc3ccc(cc3)C(=O)N(Cc3ccc(OC)cc3)Cc3ccc(cc3)C(=O)N(Cc3ccc(OC)cc3)Cc3ccc(cc3)C(=O)N(Cc3ccc(OC)cc3)Cc3ccc(cc3)C2=O)cc1. The molecule has 0 aromatic heterocycles. The molecule has 0 aliphatic carbocycles. The maximum Gasteiger partial charge on any atom is 0.254 e. The Kier molecular flexibility index (Phi) is 16.5. The van der Waals surface area contributed by atoms with Crippen molar-refractivity contribution in [2.75, 3.05) is 28.4 Å². The lowest BCUT2D eigenvalue weighted by molar-refractivity contribution is 0.0717. The van der Waals surface area contributed by atoms with Crippen molar-refractivity contribution in [1.82, 2.24) is 19.6 Å². The van der Waals surface area contributed by atoms with Crippen LogP contribution >= 0.6 is 0 Å². The Bertz CT molecular complexity index is 2790. The number of methoxy groups -OCH3 is 4. The molecule has 8 aromatic carbocycles. The van der Waals surface area contributed by atoms with Crippen LogP contribution in [0.1, 0.15) is 85.9 Å². The van der Waals surface area contributed by atoms with E-state index in [-0.39, 0.29) is 49.8 Å². The Morgan fingerprint density at radius 1 is 0.263 bits per heavy atom. The Balaban J connectivity index is 1.08. The summed E-state index contributed by atoms with van der Waals surface area (Å²) in [5, 5.41) is 0. The van der Waals surface area contributed by atoms with Crippen LogP contribution in [0.4, 0.5) is 0 Å². The van der Waals surface area contributed by atoms with E-state index >= 15 is 0 Å². The molecule has 384 valence electrons. The first-order chi connectivity index (χ1) is 37.0. The average molecular weight is 1010 g/mol. The summed E-state index contributed by atoms with van der Waals surface area (Å²) in [6, 6.07) is 60.2. The van der Waals surface area contributed by atoms with E-state index < -0.39 is 0 Å². The number of hydrogen-bond donors (Lipinski definition) is 0. The number of benzene rings is 8. The molecule has 76 heavy (non-hydrogen) atoms. The number of amides is 4. The second-order valence-electron chi connectivity index (χ2n) is 18.8. The van der Waals surface area contributed by atoms with Crippen LogP contribution in [0.25, 0.3) is 0 Å². The van der Waals surface area contributed by atoms with Crippen molar-refractivity contribution in [1.29, 1.82) is 0 Å². The first-order valence-electron chi connectivity index (χ1n) is 25.1. The summed E-state index contributed by atoms with van der Waals surface area (Å²) in [4.78, 5) is 65.6. The highest BCUT2D eigenvalue weighted by Gasteiger charge is 2.24. The number of hydrogen-bond acceptors (Lipinski definition) is 8. The topological polar surface area (TPSA) is 118 Å². The lowest BCUT2D eigenvalue weighted by Crippen LogP contribution is -2.32. The van der Waals surface area contributed by atoms with Crippen molar-refractivity contribution in [2.24, 2.45) is 0 Å². The molecular weight excluding hydrogens is 953 g/mol. The Morgan fingerprint density at radius 3 is 0.592 bits per heavy atom. The molecule has 12 nitrogen and oxygen atoms in total. The Morgan fingerprint density at radius 2 is 0.434 bits per heavy atom. The summed E-state index contributed by atoms with van der Waals surface area (Å²) < 4.78 is 21.7. The van der Waals surface area contributed by atoms with Gasteiger partial charge in [0.15, 0.2) is 0 Å². The quantitative estimate of drug-likeness (QED) is 0.119. The summed E-state index contributed by atoms with van der Waals surface area (Å²) in [6.45, 7) is 2.32. The molecule has 12 heteroatoms. The molecular formula is C64H60N4O8. The molecule has 0 saturated heterocycles. The second-order valence-corrected chi connectivity index (χ2v) is 18.8. The number of rotatable bonds is 12. The molecule has 0 unspecified atom stereocenters. The number of ether oxygens (including phenoxy) is 4. The van der Waals surface area contributed by atoms with Gasteiger partial charge in [0.2, 0.25) is 0 Å². The van der Waals surface area contributed by atoms with Gasteiger partial charge in [0, 0.05) is 74.6 Å². The fourth-order valence-electron chi connectivity index (χ4n) is 9.23. The van der Waals surface area contributed by atoms with Crippen molar-refractivity contribution >= 4 is 23.6 Å². The van der Waals surface area contributed by atoms with Gasteiger partial charge in [-0.05, 0) is 142 Å². The third kappa shape index (κ3) is 13.0. The molecule has 0 N–H and O–H groups in total. The van der Waals surface area contributed by atoms with Crippen LogP contribution in [0.5, 0.6) is 23.0 Å². The highest BCUT2D eigenvalue weighted by atomic mass is 16.5. The molecule has 7 aliphatic heterocycles. The Hall–Kier alpha value is -9.16. The van der Waals surface area contributed by atoms with E-state index in [4.69, 9.17) is 18.9 Å². The summed E-state index contributed by atoms with van der Waals surface area (Å²) >= 11 is 0.